The number of carbonyl (C=O) groups excluding carboxylic acids is 1. The molecule has 3 heteroatoms. The maximum atomic E-state index is 12.7. The first-order chi connectivity index (χ1) is 10.1. The molecule has 1 atom stereocenters. The third-order valence-electron chi connectivity index (χ3n) is 5.74. The van der Waals surface area contributed by atoms with Gasteiger partial charge in [0, 0.05) is 17.0 Å². The number of benzene rings is 1. The van der Waals surface area contributed by atoms with Crippen molar-refractivity contribution in [2.24, 2.45) is 0 Å². The largest absolute Gasteiger partial charge is 0.306 e. The fraction of sp³-hybridized carbons (Fsp3) is 0.611. The van der Waals surface area contributed by atoms with Gasteiger partial charge in [-0.1, -0.05) is 37.8 Å². The lowest BCUT2D eigenvalue weighted by atomic mass is 9.68. The van der Waals surface area contributed by atoms with E-state index in [1.165, 1.54) is 48.9 Å². The molecule has 1 aromatic carbocycles. The highest BCUT2D eigenvalue weighted by Gasteiger charge is 2.48. The molecule has 1 unspecified atom stereocenters. The number of nitrogens with zero attached hydrogens (tertiary/aromatic N) is 1. The zero-order valence-corrected chi connectivity index (χ0v) is 13.4. The molecule has 1 aliphatic carbocycles. The molecule has 0 bridgehead atoms. The molecule has 112 valence electrons. The van der Waals surface area contributed by atoms with Crippen molar-refractivity contribution >= 4 is 23.2 Å². The van der Waals surface area contributed by atoms with Crippen LogP contribution in [0.5, 0.6) is 0 Å². The van der Waals surface area contributed by atoms with Crippen LogP contribution in [-0.4, -0.2) is 11.4 Å². The number of hydrogen-bond donors (Lipinski definition) is 0. The molecule has 1 spiro atoms. The number of amides is 1. The Labute approximate surface area is 131 Å². The number of fused-ring (bicyclic) bond motifs is 1. The van der Waals surface area contributed by atoms with Crippen LogP contribution >= 0.6 is 11.6 Å². The Bertz CT molecular complexity index is 603. The highest BCUT2D eigenvalue weighted by Crippen LogP contribution is 2.53. The van der Waals surface area contributed by atoms with Crippen LogP contribution in [-0.2, 0) is 11.2 Å². The Morgan fingerprint density at radius 3 is 2.71 bits per heavy atom. The number of rotatable bonds is 0. The number of hydrogen-bond acceptors (Lipinski definition) is 1. The minimum absolute atomic E-state index is 0.0880. The highest BCUT2D eigenvalue weighted by atomic mass is 35.5. The smallest absolute Gasteiger partial charge is 0.227 e. The summed E-state index contributed by atoms with van der Waals surface area (Å²) in [4.78, 5) is 14.9. The Morgan fingerprint density at radius 2 is 1.95 bits per heavy atom. The standard InChI is InChI=1S/C18H22ClNO/c1-12-11-18(7-3-2-4-8-18)20-16(21)6-5-13-9-14(19)10-15(12)17(13)20/h9-10,12H,2-8,11H2,1H3. The molecule has 0 aromatic heterocycles. The van der Waals surface area contributed by atoms with Gasteiger partial charge in [-0.05, 0) is 54.9 Å². The fourth-order valence-electron chi connectivity index (χ4n) is 4.91. The van der Waals surface area contributed by atoms with Crippen LogP contribution < -0.4 is 4.90 Å². The van der Waals surface area contributed by atoms with E-state index in [0.717, 1.165) is 17.9 Å². The average molecular weight is 304 g/mol. The lowest BCUT2D eigenvalue weighted by Crippen LogP contribution is -2.58. The molecule has 0 saturated heterocycles. The van der Waals surface area contributed by atoms with E-state index in [9.17, 15) is 4.79 Å². The fourth-order valence-corrected chi connectivity index (χ4v) is 5.16. The van der Waals surface area contributed by atoms with Gasteiger partial charge in [0.2, 0.25) is 5.91 Å². The minimum atomic E-state index is 0.0880. The normalized spacial score (nSPS) is 26.9. The quantitative estimate of drug-likeness (QED) is 0.672. The van der Waals surface area contributed by atoms with Crippen molar-refractivity contribution in [3.05, 3.63) is 28.3 Å². The topological polar surface area (TPSA) is 20.3 Å². The zero-order chi connectivity index (χ0) is 14.6. The van der Waals surface area contributed by atoms with Crippen molar-refractivity contribution in [3.8, 4) is 0 Å². The Hall–Kier alpha value is -1.02. The van der Waals surface area contributed by atoms with Crippen LogP contribution in [0.1, 0.15) is 68.9 Å². The zero-order valence-electron chi connectivity index (χ0n) is 12.6. The van der Waals surface area contributed by atoms with Gasteiger partial charge in [-0.15, -0.1) is 0 Å². The van der Waals surface area contributed by atoms with E-state index in [2.05, 4.69) is 24.0 Å². The van der Waals surface area contributed by atoms with Gasteiger partial charge in [0.25, 0.3) is 0 Å². The summed E-state index contributed by atoms with van der Waals surface area (Å²) in [6, 6.07) is 4.17. The van der Waals surface area contributed by atoms with Crippen molar-refractivity contribution in [1.82, 2.24) is 0 Å². The van der Waals surface area contributed by atoms with Gasteiger partial charge in [-0.2, -0.15) is 0 Å². The number of anilines is 1. The first kappa shape index (κ1) is 13.6. The van der Waals surface area contributed by atoms with E-state index in [-0.39, 0.29) is 5.54 Å². The second kappa shape index (κ2) is 4.74. The predicted octanol–water partition coefficient (Wildman–Crippen LogP) is 4.83. The van der Waals surface area contributed by atoms with Crippen LogP contribution in [0.2, 0.25) is 5.02 Å². The molecule has 1 fully saturated rings. The molecule has 2 aliphatic heterocycles. The Kier molecular flexibility index (Phi) is 3.08. The summed E-state index contributed by atoms with van der Waals surface area (Å²) < 4.78 is 0. The van der Waals surface area contributed by atoms with Gasteiger partial charge < -0.3 is 4.90 Å². The Balaban J connectivity index is 1.92. The van der Waals surface area contributed by atoms with E-state index in [1.54, 1.807) is 0 Å². The van der Waals surface area contributed by atoms with Gasteiger partial charge in [-0.25, -0.2) is 0 Å². The molecule has 2 heterocycles. The maximum absolute atomic E-state index is 12.7. The average Bonchev–Trinajstić information content (AvgIpc) is 2.46. The summed E-state index contributed by atoms with van der Waals surface area (Å²) in [5, 5.41) is 0.824. The monoisotopic (exact) mass is 303 g/mol. The molecular weight excluding hydrogens is 282 g/mol. The Morgan fingerprint density at radius 1 is 1.19 bits per heavy atom. The molecule has 1 aromatic rings. The summed E-state index contributed by atoms with van der Waals surface area (Å²) >= 11 is 6.31. The van der Waals surface area contributed by atoms with Crippen molar-refractivity contribution in [2.45, 2.75) is 69.7 Å². The third kappa shape index (κ3) is 1.95. The van der Waals surface area contributed by atoms with Gasteiger partial charge in [0.15, 0.2) is 0 Å². The molecular formula is C18H22ClNO. The summed E-state index contributed by atoms with van der Waals surface area (Å²) in [7, 11) is 0. The van der Waals surface area contributed by atoms with Gasteiger partial charge in [-0.3, -0.25) is 4.79 Å². The van der Waals surface area contributed by atoms with Crippen LogP contribution in [0, 0.1) is 0 Å². The SMILES string of the molecule is CC1CC2(CCCCC2)N2C(=O)CCc3cc(Cl)cc1c32. The summed E-state index contributed by atoms with van der Waals surface area (Å²) in [5.41, 5.74) is 3.89. The molecule has 3 aliphatic rings. The van der Waals surface area contributed by atoms with E-state index in [1.807, 2.05) is 0 Å². The molecule has 0 N–H and O–H groups in total. The molecule has 1 amide bonds. The van der Waals surface area contributed by atoms with Crippen molar-refractivity contribution < 1.29 is 4.79 Å². The lowest BCUT2D eigenvalue weighted by Gasteiger charge is -2.54. The molecule has 2 nitrogen and oxygen atoms in total. The van der Waals surface area contributed by atoms with Gasteiger partial charge in [0.05, 0.1) is 5.69 Å². The maximum Gasteiger partial charge on any atom is 0.227 e. The van der Waals surface area contributed by atoms with Crippen LogP contribution in [0.25, 0.3) is 0 Å². The molecule has 21 heavy (non-hydrogen) atoms. The second-order valence-electron chi connectivity index (χ2n) is 7.12. The van der Waals surface area contributed by atoms with E-state index >= 15 is 0 Å². The van der Waals surface area contributed by atoms with E-state index < -0.39 is 0 Å². The lowest BCUT2D eigenvalue weighted by molar-refractivity contribution is -0.120. The molecule has 0 radical (unpaired) electrons. The van der Waals surface area contributed by atoms with Crippen LogP contribution in [0.15, 0.2) is 12.1 Å². The number of carbonyl (C=O) groups is 1. The predicted molar refractivity (Wildman–Crippen MR) is 86.1 cm³/mol. The summed E-state index contributed by atoms with van der Waals surface area (Å²) in [5.74, 6) is 0.831. The number of halogens is 1. The minimum Gasteiger partial charge on any atom is -0.306 e. The van der Waals surface area contributed by atoms with Crippen LogP contribution in [0.3, 0.4) is 0 Å². The summed E-state index contributed by atoms with van der Waals surface area (Å²) in [6.07, 6.45) is 8.77. The van der Waals surface area contributed by atoms with Crippen molar-refractivity contribution in [3.63, 3.8) is 0 Å². The van der Waals surface area contributed by atoms with Gasteiger partial charge in [0.1, 0.15) is 0 Å². The van der Waals surface area contributed by atoms with Gasteiger partial charge >= 0.3 is 0 Å². The third-order valence-corrected chi connectivity index (χ3v) is 5.96. The van der Waals surface area contributed by atoms with Crippen molar-refractivity contribution in [2.75, 3.05) is 4.90 Å². The molecule has 1 saturated carbocycles. The first-order valence-corrected chi connectivity index (χ1v) is 8.64. The summed E-state index contributed by atoms with van der Waals surface area (Å²) in [6.45, 7) is 2.30. The van der Waals surface area contributed by atoms with E-state index in [4.69, 9.17) is 11.6 Å². The highest BCUT2D eigenvalue weighted by molar-refractivity contribution is 6.31. The van der Waals surface area contributed by atoms with E-state index in [0.29, 0.717) is 18.2 Å². The second-order valence-corrected chi connectivity index (χ2v) is 7.56. The first-order valence-electron chi connectivity index (χ1n) is 8.26. The number of aryl methyl sites for hydroxylation is 1. The molecule has 4 rings (SSSR count). The van der Waals surface area contributed by atoms with Crippen LogP contribution in [0.4, 0.5) is 5.69 Å². The van der Waals surface area contributed by atoms with Crippen molar-refractivity contribution in [1.29, 1.82) is 0 Å².